The van der Waals surface area contributed by atoms with Crippen LogP contribution in [0.4, 0.5) is 0 Å². The number of halogens is 1. The number of benzene rings is 1. The second-order valence-electron chi connectivity index (χ2n) is 5.94. The predicted molar refractivity (Wildman–Crippen MR) is 107 cm³/mol. The van der Waals surface area contributed by atoms with Crippen molar-refractivity contribution in [2.75, 3.05) is 26.2 Å². The number of nitrogens with one attached hydrogen (secondary N) is 1. The van der Waals surface area contributed by atoms with E-state index in [1.807, 2.05) is 6.26 Å². The topological polar surface area (TPSA) is 71.8 Å². The van der Waals surface area contributed by atoms with Crippen LogP contribution in [0.2, 0.25) is 5.02 Å². The average Bonchev–Trinajstić information content (AvgIpc) is 3.19. The largest absolute Gasteiger partial charge is 0.496 e. The summed E-state index contributed by atoms with van der Waals surface area (Å²) in [5, 5.41) is 3.33. The van der Waals surface area contributed by atoms with E-state index in [1.54, 1.807) is 61.2 Å². The van der Waals surface area contributed by atoms with E-state index in [0.717, 1.165) is 11.3 Å². The standard InChI is InChI=1S/C19H23ClN2O4S/c1-22(12-13-11-14(20)6-7-16(13)25-2)19(24)15(8-10-27-3)21-18(23)17-5-4-9-26-17/h4-7,9,11,15H,8,10,12H2,1-3H3,(H,21,23). The Morgan fingerprint density at radius 2 is 2.15 bits per heavy atom. The zero-order valence-electron chi connectivity index (χ0n) is 15.5. The number of carbonyl (C=O) groups is 2. The highest BCUT2D eigenvalue weighted by atomic mass is 35.5. The minimum absolute atomic E-state index is 0.177. The Hall–Kier alpha value is -2.12. The molecule has 0 bridgehead atoms. The number of thioether (sulfide) groups is 1. The Bertz CT molecular complexity index is 767. The van der Waals surface area contributed by atoms with Crippen molar-refractivity contribution < 1.29 is 18.7 Å². The molecule has 1 aromatic heterocycles. The molecule has 0 fully saturated rings. The van der Waals surface area contributed by atoms with E-state index in [-0.39, 0.29) is 11.7 Å². The van der Waals surface area contributed by atoms with Crippen molar-refractivity contribution in [1.82, 2.24) is 10.2 Å². The maximum absolute atomic E-state index is 12.9. The highest BCUT2D eigenvalue weighted by Gasteiger charge is 2.25. The summed E-state index contributed by atoms with van der Waals surface area (Å²) in [7, 11) is 3.26. The molecule has 0 saturated carbocycles. The number of rotatable bonds is 9. The Morgan fingerprint density at radius 1 is 1.37 bits per heavy atom. The molecule has 0 aliphatic rings. The summed E-state index contributed by atoms with van der Waals surface area (Å²) >= 11 is 7.68. The third-order valence-corrected chi connectivity index (χ3v) is 4.86. The second kappa shape index (κ2) is 10.3. The van der Waals surface area contributed by atoms with E-state index >= 15 is 0 Å². The first kappa shape index (κ1) is 21.2. The Morgan fingerprint density at radius 3 is 2.78 bits per heavy atom. The zero-order chi connectivity index (χ0) is 19.8. The third-order valence-electron chi connectivity index (χ3n) is 3.99. The smallest absolute Gasteiger partial charge is 0.287 e. The highest BCUT2D eigenvalue weighted by molar-refractivity contribution is 7.98. The van der Waals surface area contributed by atoms with Gasteiger partial charge in [-0.05, 0) is 48.8 Å². The van der Waals surface area contributed by atoms with Crippen molar-refractivity contribution in [2.24, 2.45) is 0 Å². The molecule has 0 radical (unpaired) electrons. The van der Waals surface area contributed by atoms with Crippen molar-refractivity contribution in [3.8, 4) is 5.75 Å². The van der Waals surface area contributed by atoms with Crippen molar-refractivity contribution in [2.45, 2.75) is 19.0 Å². The molecule has 27 heavy (non-hydrogen) atoms. The van der Waals surface area contributed by atoms with Crippen molar-refractivity contribution in [3.05, 3.63) is 52.9 Å². The Kier molecular flexibility index (Phi) is 8.06. The normalized spacial score (nSPS) is 11.7. The van der Waals surface area contributed by atoms with Crippen LogP contribution in [0, 0.1) is 0 Å². The van der Waals surface area contributed by atoms with Gasteiger partial charge in [-0.15, -0.1) is 0 Å². The van der Waals surface area contributed by atoms with Gasteiger partial charge in [0, 0.05) is 24.2 Å². The molecule has 6 nitrogen and oxygen atoms in total. The molecule has 0 aliphatic heterocycles. The summed E-state index contributed by atoms with van der Waals surface area (Å²) in [5.74, 6) is 0.970. The van der Waals surface area contributed by atoms with Crippen molar-refractivity contribution in [1.29, 1.82) is 0 Å². The molecule has 2 amide bonds. The van der Waals surface area contributed by atoms with E-state index in [4.69, 9.17) is 20.8 Å². The number of amides is 2. The predicted octanol–water partition coefficient (Wildman–Crippen LogP) is 3.45. The van der Waals surface area contributed by atoms with Gasteiger partial charge in [0.2, 0.25) is 5.91 Å². The minimum atomic E-state index is -0.648. The molecule has 1 atom stereocenters. The van der Waals surface area contributed by atoms with Crippen LogP contribution in [0.3, 0.4) is 0 Å². The van der Waals surface area contributed by atoms with Gasteiger partial charge in [0.1, 0.15) is 11.8 Å². The molecule has 2 aromatic rings. The molecule has 0 spiro atoms. The summed E-state index contributed by atoms with van der Waals surface area (Å²) in [5.41, 5.74) is 0.793. The summed E-state index contributed by atoms with van der Waals surface area (Å²) in [6.45, 7) is 0.314. The molecule has 1 N–H and O–H groups in total. The number of hydrogen-bond donors (Lipinski definition) is 1. The summed E-state index contributed by atoms with van der Waals surface area (Å²) in [4.78, 5) is 26.8. The minimum Gasteiger partial charge on any atom is -0.496 e. The number of carbonyl (C=O) groups excluding carboxylic acids is 2. The van der Waals surface area contributed by atoms with Gasteiger partial charge in [-0.25, -0.2) is 0 Å². The van der Waals surface area contributed by atoms with E-state index in [9.17, 15) is 9.59 Å². The number of ether oxygens (including phenoxy) is 1. The molecule has 1 heterocycles. The van der Waals surface area contributed by atoms with Crippen LogP contribution in [-0.4, -0.2) is 48.9 Å². The molecule has 1 aromatic carbocycles. The van der Waals surface area contributed by atoms with Gasteiger partial charge < -0.3 is 19.4 Å². The Balaban J connectivity index is 2.11. The molecular weight excluding hydrogens is 388 g/mol. The van der Waals surface area contributed by atoms with Crippen LogP contribution >= 0.6 is 23.4 Å². The molecule has 8 heteroatoms. The van der Waals surface area contributed by atoms with Crippen LogP contribution in [-0.2, 0) is 11.3 Å². The molecule has 146 valence electrons. The number of likely N-dealkylation sites (N-methyl/N-ethyl adjacent to an activating group) is 1. The monoisotopic (exact) mass is 410 g/mol. The molecule has 0 aliphatic carbocycles. The van der Waals surface area contributed by atoms with Gasteiger partial charge >= 0.3 is 0 Å². The van der Waals surface area contributed by atoms with E-state index in [2.05, 4.69) is 5.32 Å². The van der Waals surface area contributed by atoms with Gasteiger partial charge in [0.25, 0.3) is 5.91 Å². The van der Waals surface area contributed by atoms with E-state index < -0.39 is 11.9 Å². The summed E-state index contributed by atoms with van der Waals surface area (Å²) in [6, 6.07) is 7.81. The number of methoxy groups -OCH3 is 1. The SMILES string of the molecule is COc1ccc(Cl)cc1CN(C)C(=O)C(CCSC)NC(=O)c1ccco1. The van der Waals surface area contributed by atoms with Crippen LogP contribution in [0.5, 0.6) is 5.75 Å². The average molecular weight is 411 g/mol. The first-order chi connectivity index (χ1) is 13.0. The highest BCUT2D eigenvalue weighted by Crippen LogP contribution is 2.24. The Labute approximate surface area is 168 Å². The lowest BCUT2D eigenvalue weighted by Crippen LogP contribution is -2.47. The fraction of sp³-hybridized carbons (Fsp3) is 0.368. The molecular formula is C19H23ClN2O4S. The fourth-order valence-electron chi connectivity index (χ4n) is 2.60. The quantitative estimate of drug-likeness (QED) is 0.685. The molecule has 1 unspecified atom stereocenters. The van der Waals surface area contributed by atoms with Crippen LogP contribution in [0.1, 0.15) is 22.5 Å². The first-order valence-electron chi connectivity index (χ1n) is 8.37. The van der Waals surface area contributed by atoms with Gasteiger partial charge in [-0.3, -0.25) is 9.59 Å². The summed E-state index contributed by atoms with van der Waals surface area (Å²) < 4.78 is 10.4. The van der Waals surface area contributed by atoms with Crippen LogP contribution in [0.15, 0.2) is 41.0 Å². The molecule has 2 rings (SSSR count). The van der Waals surface area contributed by atoms with Gasteiger partial charge in [-0.1, -0.05) is 11.6 Å². The van der Waals surface area contributed by atoms with Gasteiger partial charge in [-0.2, -0.15) is 11.8 Å². The number of furan rings is 1. The number of nitrogens with zero attached hydrogens (tertiary/aromatic N) is 1. The third kappa shape index (κ3) is 5.94. The van der Waals surface area contributed by atoms with Crippen LogP contribution in [0.25, 0.3) is 0 Å². The first-order valence-corrected chi connectivity index (χ1v) is 10.1. The van der Waals surface area contributed by atoms with E-state index in [1.165, 1.54) is 6.26 Å². The maximum atomic E-state index is 12.9. The lowest BCUT2D eigenvalue weighted by atomic mass is 10.1. The fourth-order valence-corrected chi connectivity index (χ4v) is 3.27. The van der Waals surface area contributed by atoms with Crippen molar-refractivity contribution in [3.63, 3.8) is 0 Å². The van der Waals surface area contributed by atoms with Crippen LogP contribution < -0.4 is 10.1 Å². The zero-order valence-corrected chi connectivity index (χ0v) is 17.1. The lowest BCUT2D eigenvalue weighted by molar-refractivity contribution is -0.132. The van der Waals surface area contributed by atoms with Crippen molar-refractivity contribution >= 4 is 35.2 Å². The second-order valence-corrected chi connectivity index (χ2v) is 7.36. The summed E-state index contributed by atoms with van der Waals surface area (Å²) in [6.07, 6.45) is 3.89. The molecule has 0 saturated heterocycles. The number of hydrogen-bond acceptors (Lipinski definition) is 5. The van der Waals surface area contributed by atoms with Gasteiger partial charge in [0.05, 0.1) is 13.4 Å². The lowest BCUT2D eigenvalue weighted by Gasteiger charge is -2.25. The van der Waals surface area contributed by atoms with E-state index in [0.29, 0.717) is 23.7 Å². The van der Waals surface area contributed by atoms with Gasteiger partial charge in [0.15, 0.2) is 5.76 Å². The maximum Gasteiger partial charge on any atom is 0.287 e.